The predicted octanol–water partition coefficient (Wildman–Crippen LogP) is 6.53. The monoisotopic (exact) mass is 574 g/mol. The summed E-state index contributed by atoms with van der Waals surface area (Å²) in [7, 11) is -1.63. The first kappa shape index (κ1) is 27.8. The molecule has 0 aliphatic carbocycles. The molecule has 0 fully saturated rings. The van der Waals surface area contributed by atoms with Crippen LogP contribution in [0.2, 0.25) is 5.02 Å². The van der Waals surface area contributed by atoms with E-state index in [1.807, 2.05) is 22.9 Å². The molecule has 0 saturated heterocycles. The Bertz CT molecular complexity index is 1680. The fraction of sp³-hybridized carbons (Fsp3) is 0.222. The molecule has 38 heavy (non-hydrogen) atoms. The van der Waals surface area contributed by atoms with Crippen LogP contribution in [0.5, 0.6) is 0 Å². The first-order chi connectivity index (χ1) is 18.1. The van der Waals surface area contributed by atoms with E-state index in [0.29, 0.717) is 17.7 Å². The number of fused-ring (bicyclic) bond motifs is 1. The number of pyridine rings is 1. The molecule has 0 amide bonds. The van der Waals surface area contributed by atoms with Gasteiger partial charge in [-0.1, -0.05) is 30.7 Å². The van der Waals surface area contributed by atoms with Crippen molar-refractivity contribution in [3.8, 4) is 0 Å². The minimum Gasteiger partial charge on any atom is -0.295 e. The van der Waals surface area contributed by atoms with Gasteiger partial charge < -0.3 is 0 Å². The quantitative estimate of drug-likeness (QED) is 0.225. The number of nitrogens with zero attached hydrogens (tertiary/aromatic N) is 4. The maximum atomic E-state index is 15.6. The third-order valence-corrected chi connectivity index (χ3v) is 8.23. The Labute approximate surface area is 230 Å². The molecule has 198 valence electrons. The van der Waals surface area contributed by atoms with Gasteiger partial charge in [0, 0.05) is 47.2 Å². The smallest absolute Gasteiger partial charge is 0.273 e. The van der Waals surface area contributed by atoms with Crippen molar-refractivity contribution < 1.29 is 13.0 Å². The number of imidazole rings is 1. The standard InChI is InChI=1S/C27H25ClF2N4O2S2/c1-5-9-31-25(19-7-6-8-22(24(19)30)38(4)36)21(29)14-34-17(3)13-20(23(28)26(34)35)16(2)12-18-15-37-27-32-10-11-33(18)27/h5-11,13-16H,12H2,1-4H3/b9-5+,21-14-,31-25+. The fourth-order valence-corrected chi connectivity index (χ4v) is 5.94. The summed E-state index contributed by atoms with van der Waals surface area (Å²) >= 11 is 8.04. The van der Waals surface area contributed by atoms with Crippen molar-refractivity contribution in [2.24, 2.45) is 4.99 Å². The fourth-order valence-electron chi connectivity index (χ4n) is 4.11. The van der Waals surface area contributed by atoms with Crippen molar-refractivity contribution in [3.63, 3.8) is 0 Å². The van der Waals surface area contributed by atoms with Crippen molar-refractivity contribution in [2.75, 3.05) is 6.26 Å². The van der Waals surface area contributed by atoms with Crippen LogP contribution in [0.25, 0.3) is 11.2 Å². The second-order valence-corrected chi connectivity index (χ2v) is 11.2. The highest BCUT2D eigenvalue weighted by Gasteiger charge is 2.21. The van der Waals surface area contributed by atoms with E-state index in [2.05, 4.69) is 9.98 Å². The number of hydrogen-bond acceptors (Lipinski definition) is 5. The van der Waals surface area contributed by atoms with Gasteiger partial charge in [-0.2, -0.15) is 0 Å². The molecule has 4 rings (SSSR count). The number of thiazole rings is 1. The molecule has 3 heterocycles. The van der Waals surface area contributed by atoms with Crippen LogP contribution in [0, 0.1) is 12.7 Å². The number of hydrogen-bond donors (Lipinski definition) is 0. The Balaban J connectivity index is 1.74. The van der Waals surface area contributed by atoms with Crippen LogP contribution < -0.4 is 5.56 Å². The molecule has 0 radical (unpaired) electrons. The number of rotatable bonds is 8. The zero-order chi connectivity index (χ0) is 27.6. The van der Waals surface area contributed by atoms with Gasteiger partial charge in [-0.15, -0.1) is 11.3 Å². The molecule has 6 nitrogen and oxygen atoms in total. The average Bonchev–Trinajstić information content (AvgIpc) is 3.50. The third-order valence-electron chi connectivity index (χ3n) is 6.02. The first-order valence-corrected chi connectivity index (χ1v) is 14.5. The Morgan fingerprint density at radius 2 is 2.13 bits per heavy atom. The number of aryl methyl sites for hydroxylation is 1. The van der Waals surface area contributed by atoms with Gasteiger partial charge in [0.25, 0.3) is 5.56 Å². The maximum absolute atomic E-state index is 15.6. The SMILES string of the molecule is C/C=C/N=C(/C(F)=C/n1c(C)cc(C(C)Cc2csc3nccn23)c(Cl)c1=O)c1cccc(S(C)=O)c1F. The van der Waals surface area contributed by atoms with Gasteiger partial charge in [-0.25, -0.2) is 13.8 Å². The third kappa shape index (κ3) is 5.48. The van der Waals surface area contributed by atoms with Crippen molar-refractivity contribution in [1.29, 1.82) is 0 Å². The average molecular weight is 575 g/mol. The number of allylic oxidation sites excluding steroid dienone is 2. The van der Waals surface area contributed by atoms with Crippen LogP contribution in [0.4, 0.5) is 8.78 Å². The van der Waals surface area contributed by atoms with E-state index in [4.69, 9.17) is 11.6 Å². The molecule has 0 bridgehead atoms. The molecular formula is C27H25ClF2N4O2S2. The van der Waals surface area contributed by atoms with Crippen LogP contribution in [-0.4, -0.2) is 30.1 Å². The topological polar surface area (TPSA) is 68.7 Å². The van der Waals surface area contributed by atoms with Gasteiger partial charge in [0.15, 0.2) is 10.8 Å². The summed E-state index contributed by atoms with van der Waals surface area (Å²) in [5, 5.41) is 2.00. The molecular weight excluding hydrogens is 550 g/mol. The van der Waals surface area contributed by atoms with Crippen LogP contribution in [0.15, 0.2) is 74.8 Å². The lowest BCUT2D eigenvalue weighted by Crippen LogP contribution is -2.22. The van der Waals surface area contributed by atoms with E-state index in [0.717, 1.165) is 21.4 Å². The lowest BCUT2D eigenvalue weighted by atomic mass is 9.96. The van der Waals surface area contributed by atoms with E-state index < -0.39 is 28.0 Å². The summed E-state index contributed by atoms with van der Waals surface area (Å²) in [4.78, 5) is 22.4. The van der Waals surface area contributed by atoms with Gasteiger partial charge in [0.2, 0.25) is 0 Å². The van der Waals surface area contributed by atoms with E-state index >= 15 is 8.78 Å². The van der Waals surface area contributed by atoms with Gasteiger partial charge >= 0.3 is 0 Å². The van der Waals surface area contributed by atoms with Gasteiger partial charge in [0.05, 0.1) is 21.9 Å². The molecule has 0 spiro atoms. The molecule has 4 aromatic rings. The highest BCUT2D eigenvalue weighted by molar-refractivity contribution is 7.84. The summed E-state index contributed by atoms with van der Waals surface area (Å²) < 4.78 is 45.8. The van der Waals surface area contributed by atoms with Gasteiger partial charge in [-0.05, 0) is 49.9 Å². The van der Waals surface area contributed by atoms with Crippen molar-refractivity contribution in [3.05, 3.63) is 104 Å². The van der Waals surface area contributed by atoms with Gasteiger partial charge in [0.1, 0.15) is 16.6 Å². The van der Waals surface area contributed by atoms with Crippen LogP contribution >= 0.6 is 22.9 Å². The Kier molecular flexibility index (Phi) is 8.54. The zero-order valence-corrected chi connectivity index (χ0v) is 23.5. The Morgan fingerprint density at radius 1 is 1.37 bits per heavy atom. The van der Waals surface area contributed by atoms with E-state index in [9.17, 15) is 9.00 Å². The molecule has 0 saturated carbocycles. The summed E-state index contributed by atoms with van der Waals surface area (Å²) in [5.41, 5.74) is 1.02. The summed E-state index contributed by atoms with van der Waals surface area (Å²) in [5.74, 6) is -1.90. The number of benzene rings is 1. The van der Waals surface area contributed by atoms with E-state index in [1.165, 1.54) is 42.0 Å². The first-order valence-electron chi connectivity index (χ1n) is 11.6. The highest BCUT2D eigenvalue weighted by Crippen LogP contribution is 2.28. The highest BCUT2D eigenvalue weighted by atomic mass is 35.5. The van der Waals surface area contributed by atoms with Crippen LogP contribution in [0.1, 0.15) is 42.3 Å². The lowest BCUT2D eigenvalue weighted by Gasteiger charge is -2.16. The lowest BCUT2D eigenvalue weighted by molar-refractivity contribution is 0.591. The molecule has 0 N–H and O–H groups in total. The van der Waals surface area contributed by atoms with E-state index in [-0.39, 0.29) is 27.1 Å². The second-order valence-electron chi connectivity index (χ2n) is 8.65. The summed E-state index contributed by atoms with van der Waals surface area (Å²) in [6.45, 7) is 5.32. The number of aliphatic imine (C=N–C) groups is 1. The summed E-state index contributed by atoms with van der Waals surface area (Å²) in [6.07, 6.45) is 9.39. The van der Waals surface area contributed by atoms with E-state index in [1.54, 1.807) is 32.2 Å². The Hall–Kier alpha value is -3.21. The molecule has 1 aromatic carbocycles. The molecule has 2 atom stereocenters. The summed E-state index contributed by atoms with van der Waals surface area (Å²) in [6, 6.07) is 5.94. The zero-order valence-electron chi connectivity index (χ0n) is 21.1. The Morgan fingerprint density at radius 3 is 2.84 bits per heavy atom. The molecule has 3 aromatic heterocycles. The minimum atomic E-state index is -1.63. The van der Waals surface area contributed by atoms with Crippen LogP contribution in [-0.2, 0) is 17.2 Å². The van der Waals surface area contributed by atoms with Crippen LogP contribution in [0.3, 0.4) is 0 Å². The second kappa shape index (κ2) is 11.7. The van der Waals surface area contributed by atoms with Crippen molar-refractivity contribution in [1.82, 2.24) is 14.0 Å². The number of aromatic nitrogens is 3. The molecule has 11 heteroatoms. The number of halogens is 3. The minimum absolute atomic E-state index is 0.0224. The normalized spacial score (nSPS) is 14.5. The maximum Gasteiger partial charge on any atom is 0.273 e. The van der Waals surface area contributed by atoms with Gasteiger partial charge in [-0.3, -0.25) is 23.0 Å². The molecule has 2 unspecified atom stereocenters. The van der Waals surface area contributed by atoms with Crippen molar-refractivity contribution in [2.45, 2.75) is 38.0 Å². The van der Waals surface area contributed by atoms with Crippen molar-refractivity contribution >= 4 is 50.6 Å². The molecule has 0 aliphatic heterocycles. The predicted molar refractivity (Wildman–Crippen MR) is 151 cm³/mol. The largest absolute Gasteiger partial charge is 0.295 e. The molecule has 0 aliphatic rings.